The van der Waals surface area contributed by atoms with Crippen LogP contribution in [-0.2, 0) is 6.42 Å². The summed E-state index contributed by atoms with van der Waals surface area (Å²) in [7, 11) is 0. The third-order valence-electron chi connectivity index (χ3n) is 3.99. The molecule has 0 aliphatic rings. The van der Waals surface area contributed by atoms with E-state index in [2.05, 4.69) is 21.9 Å². The van der Waals surface area contributed by atoms with Crippen LogP contribution in [-0.4, -0.2) is 22.7 Å². The normalized spacial score (nSPS) is 10.7. The Balaban J connectivity index is 1.74. The van der Waals surface area contributed by atoms with Crippen LogP contribution in [0.4, 0.5) is 5.82 Å². The van der Waals surface area contributed by atoms with Crippen molar-refractivity contribution in [3.8, 4) is 11.5 Å². The Bertz CT molecular complexity index is 923. The smallest absolute Gasteiger partial charge is 0.130 e. The predicted molar refractivity (Wildman–Crippen MR) is 115 cm³/mol. The number of hydrogen-bond donors (Lipinski definition) is 1. The molecule has 0 radical (unpaired) electrons. The average Bonchev–Trinajstić information content (AvgIpc) is 3.07. The first-order chi connectivity index (χ1) is 13.5. The summed E-state index contributed by atoms with van der Waals surface area (Å²) >= 11 is 1.66. The lowest BCUT2D eigenvalue weighted by molar-refractivity contribution is 0.240. The quantitative estimate of drug-likeness (QED) is 0.530. The molecule has 1 aromatic carbocycles. The summed E-state index contributed by atoms with van der Waals surface area (Å²) in [5.41, 5.74) is 4.57. The minimum atomic E-state index is 0.0694. The molecule has 28 heavy (non-hydrogen) atoms. The maximum Gasteiger partial charge on any atom is 0.130 e. The number of aromatic nitrogens is 2. The van der Waals surface area contributed by atoms with Gasteiger partial charge in [0.2, 0.25) is 0 Å². The summed E-state index contributed by atoms with van der Waals surface area (Å²) in [4.78, 5) is 9.81. The van der Waals surface area contributed by atoms with Gasteiger partial charge in [0.15, 0.2) is 0 Å². The molecule has 0 bridgehead atoms. The van der Waals surface area contributed by atoms with Crippen LogP contribution in [0.5, 0.6) is 11.5 Å². The van der Waals surface area contributed by atoms with E-state index in [9.17, 15) is 0 Å². The SMILES string of the molecule is C=C(Nc1ccccn1)c1cc(OCCc2scnc2C)cc(OC(C)C)c1. The van der Waals surface area contributed by atoms with Crippen molar-refractivity contribution in [1.29, 1.82) is 0 Å². The molecule has 5 nitrogen and oxygen atoms in total. The number of benzene rings is 1. The highest BCUT2D eigenvalue weighted by Gasteiger charge is 2.09. The Morgan fingerprint density at radius 1 is 1.18 bits per heavy atom. The van der Waals surface area contributed by atoms with E-state index in [0.29, 0.717) is 6.61 Å². The lowest BCUT2D eigenvalue weighted by atomic mass is 10.1. The van der Waals surface area contributed by atoms with Crippen LogP contribution >= 0.6 is 11.3 Å². The van der Waals surface area contributed by atoms with Crippen LogP contribution in [0.15, 0.2) is 54.7 Å². The van der Waals surface area contributed by atoms with E-state index in [0.717, 1.165) is 40.7 Å². The number of ether oxygens (including phenoxy) is 2. The van der Waals surface area contributed by atoms with Crippen molar-refractivity contribution < 1.29 is 9.47 Å². The van der Waals surface area contributed by atoms with E-state index < -0.39 is 0 Å². The van der Waals surface area contributed by atoms with Crippen molar-refractivity contribution in [2.24, 2.45) is 0 Å². The van der Waals surface area contributed by atoms with Gasteiger partial charge >= 0.3 is 0 Å². The second kappa shape index (κ2) is 9.37. The van der Waals surface area contributed by atoms with Gasteiger partial charge in [-0.2, -0.15) is 0 Å². The van der Waals surface area contributed by atoms with Crippen LogP contribution < -0.4 is 14.8 Å². The second-order valence-electron chi connectivity index (χ2n) is 6.64. The molecule has 0 fully saturated rings. The molecule has 1 N–H and O–H groups in total. The van der Waals surface area contributed by atoms with E-state index in [1.165, 1.54) is 4.88 Å². The van der Waals surface area contributed by atoms with Gasteiger partial charge in [-0.05, 0) is 45.0 Å². The predicted octanol–water partition coefficient (Wildman–Crippen LogP) is 5.34. The molecule has 3 rings (SSSR count). The number of rotatable bonds is 9. The Kier molecular flexibility index (Phi) is 6.66. The van der Waals surface area contributed by atoms with Gasteiger partial charge in [-0.1, -0.05) is 12.6 Å². The van der Waals surface area contributed by atoms with Crippen molar-refractivity contribution in [2.75, 3.05) is 11.9 Å². The molecular weight excluding hydrogens is 370 g/mol. The van der Waals surface area contributed by atoms with E-state index in [1.807, 2.05) is 62.7 Å². The van der Waals surface area contributed by atoms with Crippen molar-refractivity contribution in [3.05, 3.63) is 70.8 Å². The number of nitrogens with zero attached hydrogens (tertiary/aromatic N) is 2. The van der Waals surface area contributed by atoms with E-state index >= 15 is 0 Å². The van der Waals surface area contributed by atoms with E-state index in [4.69, 9.17) is 9.47 Å². The molecule has 0 saturated heterocycles. The number of anilines is 1. The molecule has 0 aliphatic heterocycles. The maximum absolute atomic E-state index is 6.01. The second-order valence-corrected chi connectivity index (χ2v) is 7.58. The van der Waals surface area contributed by atoms with Gasteiger partial charge in [-0.15, -0.1) is 11.3 Å². The summed E-state index contributed by atoms with van der Waals surface area (Å²) < 4.78 is 11.9. The molecule has 6 heteroatoms. The molecule has 3 aromatic rings. The largest absolute Gasteiger partial charge is 0.493 e. The summed E-state index contributed by atoms with van der Waals surface area (Å²) in [5, 5.41) is 3.23. The van der Waals surface area contributed by atoms with Crippen molar-refractivity contribution in [3.63, 3.8) is 0 Å². The molecule has 0 unspecified atom stereocenters. The number of thiazole rings is 1. The van der Waals surface area contributed by atoms with Gasteiger partial charge in [-0.25, -0.2) is 9.97 Å². The fourth-order valence-electron chi connectivity index (χ4n) is 2.66. The van der Waals surface area contributed by atoms with Crippen LogP contribution in [0.25, 0.3) is 5.70 Å². The third kappa shape index (κ3) is 5.57. The molecule has 2 aromatic heterocycles. The Labute approximate surface area is 170 Å². The Morgan fingerprint density at radius 3 is 2.68 bits per heavy atom. The average molecular weight is 396 g/mol. The van der Waals surface area contributed by atoms with Crippen molar-refractivity contribution >= 4 is 22.9 Å². The summed E-state index contributed by atoms with van der Waals surface area (Å²) in [5.74, 6) is 2.24. The maximum atomic E-state index is 6.01. The minimum absolute atomic E-state index is 0.0694. The van der Waals surface area contributed by atoms with E-state index in [-0.39, 0.29) is 6.10 Å². The zero-order chi connectivity index (χ0) is 19.9. The molecular formula is C22H25N3O2S. The van der Waals surface area contributed by atoms with Gasteiger partial charge in [0.05, 0.1) is 23.9 Å². The van der Waals surface area contributed by atoms with Gasteiger partial charge in [0, 0.05) is 34.8 Å². The zero-order valence-electron chi connectivity index (χ0n) is 16.4. The summed E-state index contributed by atoms with van der Waals surface area (Å²) in [6.45, 7) is 10.7. The standard InChI is InChI=1S/C22H25N3O2S/c1-15(2)27-20-12-18(16(3)25-22-7-5-6-9-23-22)11-19(13-20)26-10-8-21-17(4)24-14-28-21/h5-7,9,11-15H,3,8,10H2,1-2,4H3,(H,23,25). The van der Waals surface area contributed by atoms with Crippen molar-refractivity contribution in [2.45, 2.75) is 33.3 Å². The molecule has 146 valence electrons. The summed E-state index contributed by atoms with van der Waals surface area (Å²) in [6, 6.07) is 11.5. The highest BCUT2D eigenvalue weighted by atomic mass is 32.1. The van der Waals surface area contributed by atoms with Gasteiger partial charge in [-0.3, -0.25) is 0 Å². The highest BCUT2D eigenvalue weighted by molar-refractivity contribution is 7.09. The Morgan fingerprint density at radius 2 is 2.00 bits per heavy atom. The van der Waals surface area contributed by atoms with Gasteiger partial charge < -0.3 is 14.8 Å². The molecule has 0 atom stereocenters. The fraction of sp³-hybridized carbons (Fsp3) is 0.273. The van der Waals surface area contributed by atoms with Crippen LogP contribution in [0.1, 0.15) is 30.0 Å². The van der Waals surface area contributed by atoms with Crippen LogP contribution in [0.2, 0.25) is 0 Å². The van der Waals surface area contributed by atoms with Crippen LogP contribution in [0.3, 0.4) is 0 Å². The molecule has 0 spiro atoms. The molecule has 0 aliphatic carbocycles. The number of hydrogen-bond acceptors (Lipinski definition) is 6. The first kappa shape index (κ1) is 19.9. The lowest BCUT2D eigenvalue weighted by Gasteiger charge is -2.16. The molecule has 0 saturated carbocycles. The first-order valence-corrected chi connectivity index (χ1v) is 10.1. The molecule has 2 heterocycles. The number of nitrogens with one attached hydrogen (secondary N) is 1. The fourth-order valence-corrected chi connectivity index (χ4v) is 3.42. The minimum Gasteiger partial charge on any atom is -0.493 e. The topological polar surface area (TPSA) is 56.3 Å². The number of aryl methyl sites for hydroxylation is 1. The highest BCUT2D eigenvalue weighted by Crippen LogP contribution is 2.28. The zero-order valence-corrected chi connectivity index (χ0v) is 17.3. The summed E-state index contributed by atoms with van der Waals surface area (Å²) in [6.07, 6.45) is 2.64. The third-order valence-corrected chi connectivity index (χ3v) is 4.98. The first-order valence-electron chi connectivity index (χ1n) is 9.22. The lowest BCUT2D eigenvalue weighted by Crippen LogP contribution is -2.08. The van der Waals surface area contributed by atoms with Crippen molar-refractivity contribution in [1.82, 2.24) is 9.97 Å². The molecule has 0 amide bonds. The van der Waals surface area contributed by atoms with Gasteiger partial charge in [0.25, 0.3) is 0 Å². The Hall–Kier alpha value is -2.86. The van der Waals surface area contributed by atoms with E-state index in [1.54, 1.807) is 17.5 Å². The monoisotopic (exact) mass is 395 g/mol. The number of pyridine rings is 1. The van der Waals surface area contributed by atoms with Gasteiger partial charge in [0.1, 0.15) is 17.3 Å². The van der Waals surface area contributed by atoms with Crippen LogP contribution in [0, 0.1) is 6.92 Å².